The number of fused-ring (bicyclic) bond motifs is 2. The third-order valence-electron chi connectivity index (χ3n) is 4.62. The average molecular weight is 375 g/mol. The van der Waals surface area contributed by atoms with E-state index >= 15 is 0 Å². The van der Waals surface area contributed by atoms with E-state index in [-0.39, 0.29) is 12.3 Å². The number of H-pyrrole nitrogens is 1. The molecule has 7 heteroatoms. The van der Waals surface area contributed by atoms with Crippen LogP contribution < -0.4 is 0 Å². The van der Waals surface area contributed by atoms with Crippen molar-refractivity contribution in [2.45, 2.75) is 13.5 Å². The fourth-order valence-corrected chi connectivity index (χ4v) is 3.24. The molecule has 4 aromatic rings. The van der Waals surface area contributed by atoms with Gasteiger partial charge in [-0.2, -0.15) is 5.10 Å². The standard InChI is InChI=1S/C21H17N3O4/c1-12-13-7-3-5-9-15(13)22-17(18(12)20(25)27-2)11-28-21(26)19-14-8-4-6-10-16(14)23-24-19/h3-10H,11H2,1-2H3,(H,23,24). The van der Waals surface area contributed by atoms with Crippen LogP contribution >= 0.6 is 0 Å². The predicted octanol–water partition coefficient (Wildman–Crippen LogP) is 3.56. The molecule has 0 aliphatic heterocycles. The summed E-state index contributed by atoms with van der Waals surface area (Å²) in [4.78, 5) is 29.4. The zero-order valence-corrected chi connectivity index (χ0v) is 15.4. The van der Waals surface area contributed by atoms with Gasteiger partial charge in [-0.3, -0.25) is 5.10 Å². The molecule has 0 aliphatic rings. The van der Waals surface area contributed by atoms with E-state index in [9.17, 15) is 9.59 Å². The van der Waals surface area contributed by atoms with E-state index in [1.54, 1.807) is 6.07 Å². The highest BCUT2D eigenvalue weighted by Crippen LogP contribution is 2.24. The third kappa shape index (κ3) is 2.96. The molecule has 0 atom stereocenters. The number of aromatic amines is 1. The van der Waals surface area contributed by atoms with Gasteiger partial charge in [-0.15, -0.1) is 0 Å². The van der Waals surface area contributed by atoms with Crippen LogP contribution in [0.25, 0.3) is 21.8 Å². The number of para-hydroxylation sites is 2. The number of methoxy groups -OCH3 is 1. The van der Waals surface area contributed by atoms with Gasteiger partial charge in [-0.05, 0) is 24.6 Å². The van der Waals surface area contributed by atoms with Crippen molar-refractivity contribution in [1.29, 1.82) is 0 Å². The highest BCUT2D eigenvalue weighted by molar-refractivity contribution is 6.02. The Labute approximate surface area is 160 Å². The van der Waals surface area contributed by atoms with Crippen molar-refractivity contribution in [2.24, 2.45) is 0 Å². The number of esters is 2. The lowest BCUT2D eigenvalue weighted by Crippen LogP contribution is -2.14. The number of aromatic nitrogens is 3. The summed E-state index contributed by atoms with van der Waals surface area (Å²) in [6, 6.07) is 14.7. The van der Waals surface area contributed by atoms with Gasteiger partial charge in [0.25, 0.3) is 0 Å². The Morgan fingerprint density at radius 2 is 1.71 bits per heavy atom. The third-order valence-corrected chi connectivity index (χ3v) is 4.62. The van der Waals surface area contributed by atoms with Gasteiger partial charge >= 0.3 is 11.9 Å². The van der Waals surface area contributed by atoms with Crippen LogP contribution in [0.3, 0.4) is 0 Å². The number of ether oxygens (including phenoxy) is 2. The lowest BCUT2D eigenvalue weighted by molar-refractivity contribution is 0.0451. The molecule has 0 bridgehead atoms. The minimum Gasteiger partial charge on any atom is -0.465 e. The first kappa shape index (κ1) is 17.7. The second-order valence-electron chi connectivity index (χ2n) is 6.26. The second-order valence-corrected chi connectivity index (χ2v) is 6.26. The summed E-state index contributed by atoms with van der Waals surface area (Å²) in [5, 5.41) is 8.35. The molecule has 0 saturated heterocycles. The Balaban J connectivity index is 1.69. The molecule has 0 radical (unpaired) electrons. The van der Waals surface area contributed by atoms with Crippen LogP contribution in [-0.2, 0) is 16.1 Å². The van der Waals surface area contributed by atoms with Crippen molar-refractivity contribution in [3.05, 3.63) is 71.0 Å². The maximum atomic E-state index is 12.5. The Bertz CT molecular complexity index is 1210. The van der Waals surface area contributed by atoms with Gasteiger partial charge in [0, 0.05) is 10.8 Å². The maximum Gasteiger partial charge on any atom is 0.359 e. The highest BCUT2D eigenvalue weighted by Gasteiger charge is 2.22. The first-order chi connectivity index (χ1) is 13.6. The molecule has 1 N–H and O–H groups in total. The van der Waals surface area contributed by atoms with Gasteiger partial charge < -0.3 is 9.47 Å². The maximum absolute atomic E-state index is 12.5. The number of hydrogen-bond donors (Lipinski definition) is 1. The zero-order chi connectivity index (χ0) is 19.7. The molecule has 0 unspecified atom stereocenters. The van der Waals surface area contributed by atoms with E-state index in [4.69, 9.17) is 9.47 Å². The van der Waals surface area contributed by atoms with Gasteiger partial charge in [0.1, 0.15) is 6.61 Å². The summed E-state index contributed by atoms with van der Waals surface area (Å²) in [5.41, 5.74) is 3.02. The van der Waals surface area contributed by atoms with Gasteiger partial charge in [-0.1, -0.05) is 36.4 Å². The fraction of sp³-hybridized carbons (Fsp3) is 0.143. The first-order valence-corrected chi connectivity index (χ1v) is 8.67. The Morgan fingerprint density at radius 1 is 1.00 bits per heavy atom. The minimum atomic E-state index is -0.596. The summed E-state index contributed by atoms with van der Waals surface area (Å²) in [6.07, 6.45) is 0. The monoisotopic (exact) mass is 375 g/mol. The van der Waals surface area contributed by atoms with Crippen molar-refractivity contribution >= 4 is 33.7 Å². The average Bonchev–Trinajstić information content (AvgIpc) is 3.16. The van der Waals surface area contributed by atoms with Gasteiger partial charge in [0.05, 0.1) is 29.4 Å². The molecule has 0 aliphatic carbocycles. The largest absolute Gasteiger partial charge is 0.465 e. The van der Waals surface area contributed by atoms with Crippen molar-refractivity contribution in [3.63, 3.8) is 0 Å². The molecule has 7 nitrogen and oxygen atoms in total. The van der Waals surface area contributed by atoms with Crippen molar-refractivity contribution in [3.8, 4) is 0 Å². The van der Waals surface area contributed by atoms with E-state index in [0.29, 0.717) is 22.2 Å². The molecule has 4 rings (SSSR count). The number of hydrogen-bond acceptors (Lipinski definition) is 6. The number of aryl methyl sites for hydroxylation is 1. The molecule has 0 amide bonds. The van der Waals surface area contributed by atoms with Crippen LogP contribution in [0, 0.1) is 6.92 Å². The number of pyridine rings is 1. The van der Waals surface area contributed by atoms with Crippen LogP contribution in [0.4, 0.5) is 0 Å². The molecule has 0 saturated carbocycles. The summed E-state index contributed by atoms with van der Waals surface area (Å²) in [6.45, 7) is 1.65. The molecule has 28 heavy (non-hydrogen) atoms. The normalized spacial score (nSPS) is 10.9. The second kappa shape index (κ2) is 7.11. The fourth-order valence-electron chi connectivity index (χ4n) is 3.24. The highest BCUT2D eigenvalue weighted by atomic mass is 16.5. The predicted molar refractivity (Wildman–Crippen MR) is 103 cm³/mol. The van der Waals surface area contributed by atoms with E-state index < -0.39 is 11.9 Å². The summed E-state index contributed by atoms with van der Waals surface area (Å²) >= 11 is 0. The smallest absolute Gasteiger partial charge is 0.359 e. The molecule has 0 spiro atoms. The molecule has 0 fully saturated rings. The van der Waals surface area contributed by atoms with E-state index in [1.165, 1.54) is 7.11 Å². The number of nitrogens with zero attached hydrogens (tertiary/aromatic N) is 2. The Kier molecular flexibility index (Phi) is 4.49. The Hall–Kier alpha value is -3.74. The number of carbonyl (C=O) groups is 2. The molecular formula is C21H17N3O4. The van der Waals surface area contributed by atoms with Crippen LogP contribution in [0.2, 0.25) is 0 Å². The molecule has 2 aromatic carbocycles. The summed E-state index contributed by atoms with van der Waals surface area (Å²) in [7, 11) is 1.31. The lowest BCUT2D eigenvalue weighted by atomic mass is 10.0. The first-order valence-electron chi connectivity index (χ1n) is 8.67. The Morgan fingerprint density at radius 3 is 2.50 bits per heavy atom. The van der Waals surface area contributed by atoms with E-state index in [1.807, 2.05) is 49.4 Å². The number of rotatable bonds is 4. The van der Waals surface area contributed by atoms with E-state index in [0.717, 1.165) is 16.5 Å². The minimum absolute atomic E-state index is 0.171. The van der Waals surface area contributed by atoms with E-state index in [2.05, 4.69) is 15.2 Å². The van der Waals surface area contributed by atoms with Crippen LogP contribution in [0.5, 0.6) is 0 Å². The zero-order valence-electron chi connectivity index (χ0n) is 15.4. The topological polar surface area (TPSA) is 94.2 Å². The number of carbonyl (C=O) groups excluding carboxylic acids is 2. The van der Waals surface area contributed by atoms with Crippen LogP contribution in [0.1, 0.15) is 32.1 Å². The van der Waals surface area contributed by atoms with Crippen LogP contribution in [0.15, 0.2) is 48.5 Å². The quantitative estimate of drug-likeness (QED) is 0.548. The summed E-state index contributed by atoms with van der Waals surface area (Å²) in [5.74, 6) is -1.12. The van der Waals surface area contributed by atoms with Gasteiger partial charge in [0.2, 0.25) is 0 Å². The summed E-state index contributed by atoms with van der Waals surface area (Å²) < 4.78 is 10.3. The molecule has 2 aromatic heterocycles. The molecular weight excluding hydrogens is 358 g/mol. The number of nitrogens with one attached hydrogen (secondary N) is 1. The molecule has 2 heterocycles. The van der Waals surface area contributed by atoms with Gasteiger partial charge in [-0.25, -0.2) is 14.6 Å². The van der Waals surface area contributed by atoms with Crippen molar-refractivity contribution in [2.75, 3.05) is 7.11 Å². The number of benzene rings is 2. The molecule has 140 valence electrons. The van der Waals surface area contributed by atoms with Crippen molar-refractivity contribution < 1.29 is 19.1 Å². The van der Waals surface area contributed by atoms with Crippen molar-refractivity contribution in [1.82, 2.24) is 15.2 Å². The SMILES string of the molecule is COC(=O)c1c(COC(=O)c2n[nH]c3ccccc23)nc2ccccc2c1C. The van der Waals surface area contributed by atoms with Gasteiger partial charge in [0.15, 0.2) is 5.69 Å². The lowest BCUT2D eigenvalue weighted by Gasteiger charge is -2.13. The van der Waals surface area contributed by atoms with Crippen LogP contribution in [-0.4, -0.2) is 34.2 Å².